The molecule has 4 fully saturated rings. The molecule has 1 aromatic rings. The van der Waals surface area contributed by atoms with Gasteiger partial charge < -0.3 is 5.32 Å². The second-order valence-corrected chi connectivity index (χ2v) is 7.75. The number of aromatic nitrogens is 1. The molecule has 0 radical (unpaired) electrons. The number of halogens is 1. The molecule has 4 aliphatic carbocycles. The van der Waals surface area contributed by atoms with E-state index >= 15 is 0 Å². The molecule has 116 valence electrons. The van der Waals surface area contributed by atoms with Crippen LogP contribution in [0, 0.1) is 47.4 Å². The van der Waals surface area contributed by atoms with E-state index in [0.717, 1.165) is 47.8 Å². The average molecular weight is 300 g/mol. The average Bonchev–Trinajstić information content (AvgIpc) is 3.18. The summed E-state index contributed by atoms with van der Waals surface area (Å²) in [5.74, 6) is 5.69. The van der Waals surface area contributed by atoms with E-state index < -0.39 is 5.95 Å². The van der Waals surface area contributed by atoms with Crippen molar-refractivity contribution in [1.29, 1.82) is 0 Å². The molecule has 4 aliphatic rings. The van der Waals surface area contributed by atoms with Gasteiger partial charge in [0.05, 0.1) is 5.56 Å². The molecule has 5 rings (SSSR count). The third kappa shape index (κ3) is 1.61. The number of hydrogen-bond donors (Lipinski definition) is 1. The Morgan fingerprint density at radius 3 is 2.82 bits per heavy atom. The van der Waals surface area contributed by atoms with Crippen molar-refractivity contribution >= 4 is 5.91 Å². The maximum absolute atomic E-state index is 13.5. The fraction of sp³-hybridized carbons (Fsp3) is 0.667. The van der Waals surface area contributed by atoms with Crippen molar-refractivity contribution in [3.8, 4) is 0 Å². The number of hydrogen-bond acceptors (Lipinski definition) is 2. The highest BCUT2D eigenvalue weighted by molar-refractivity contribution is 5.94. The van der Waals surface area contributed by atoms with Gasteiger partial charge in [-0.15, -0.1) is 0 Å². The Morgan fingerprint density at radius 1 is 1.23 bits per heavy atom. The van der Waals surface area contributed by atoms with Gasteiger partial charge in [0.1, 0.15) is 0 Å². The molecule has 0 aromatic carbocycles. The molecule has 0 spiro atoms. The van der Waals surface area contributed by atoms with Crippen molar-refractivity contribution < 1.29 is 9.18 Å². The fourth-order valence-corrected chi connectivity index (χ4v) is 6.75. The first-order valence-corrected chi connectivity index (χ1v) is 8.62. The summed E-state index contributed by atoms with van der Waals surface area (Å²) < 4.78 is 13.5. The van der Waals surface area contributed by atoms with Crippen molar-refractivity contribution in [1.82, 2.24) is 10.3 Å². The van der Waals surface area contributed by atoms with Crippen molar-refractivity contribution in [2.75, 3.05) is 6.54 Å². The van der Waals surface area contributed by atoms with Crippen molar-refractivity contribution in [3.63, 3.8) is 0 Å². The lowest BCUT2D eigenvalue weighted by molar-refractivity contribution is 0.0654. The van der Waals surface area contributed by atoms with Crippen LogP contribution >= 0.6 is 0 Å². The largest absolute Gasteiger partial charge is 0.352 e. The Morgan fingerprint density at radius 2 is 2.05 bits per heavy atom. The number of carbonyl (C=O) groups excluding carboxylic acids is 1. The molecule has 1 amide bonds. The van der Waals surface area contributed by atoms with Crippen molar-refractivity contribution in [3.05, 3.63) is 29.8 Å². The molecule has 0 aliphatic heterocycles. The number of rotatable bonds is 4. The van der Waals surface area contributed by atoms with Crippen LogP contribution in [0.25, 0.3) is 0 Å². The second kappa shape index (κ2) is 4.53. The molecule has 4 heteroatoms. The van der Waals surface area contributed by atoms with E-state index in [1.807, 2.05) is 0 Å². The molecular weight excluding hydrogens is 279 g/mol. The quantitative estimate of drug-likeness (QED) is 0.869. The van der Waals surface area contributed by atoms with Crippen LogP contribution in [-0.4, -0.2) is 17.4 Å². The van der Waals surface area contributed by atoms with E-state index in [4.69, 9.17) is 0 Å². The van der Waals surface area contributed by atoms with Gasteiger partial charge in [-0.05, 0) is 79.2 Å². The highest BCUT2D eigenvalue weighted by atomic mass is 19.1. The topological polar surface area (TPSA) is 42.0 Å². The van der Waals surface area contributed by atoms with Gasteiger partial charge >= 0.3 is 0 Å². The van der Waals surface area contributed by atoms with Gasteiger partial charge in [0.25, 0.3) is 5.91 Å². The van der Waals surface area contributed by atoms with Crippen LogP contribution in [0.2, 0.25) is 0 Å². The second-order valence-electron chi connectivity index (χ2n) is 7.75. The zero-order chi connectivity index (χ0) is 14.8. The summed E-state index contributed by atoms with van der Waals surface area (Å²) >= 11 is 0. The Labute approximate surface area is 129 Å². The lowest BCUT2D eigenvalue weighted by atomic mass is 9.64. The zero-order valence-corrected chi connectivity index (χ0v) is 12.5. The third-order valence-electron chi connectivity index (χ3n) is 7.19. The molecule has 0 saturated heterocycles. The Balaban J connectivity index is 1.21. The number of amides is 1. The fourth-order valence-electron chi connectivity index (χ4n) is 6.75. The zero-order valence-electron chi connectivity index (χ0n) is 12.5. The molecule has 1 aromatic heterocycles. The highest BCUT2D eigenvalue weighted by Gasteiger charge is 2.68. The minimum absolute atomic E-state index is 0.0548. The van der Waals surface area contributed by atoms with Gasteiger partial charge in [0, 0.05) is 12.7 Å². The van der Waals surface area contributed by atoms with E-state index in [1.54, 1.807) is 6.07 Å². The number of nitrogens with one attached hydrogen (secondary N) is 1. The van der Waals surface area contributed by atoms with E-state index in [0.29, 0.717) is 6.54 Å². The maximum atomic E-state index is 13.5. The van der Waals surface area contributed by atoms with E-state index in [-0.39, 0.29) is 11.5 Å². The minimum atomic E-state index is -0.681. The number of fused-ring (bicyclic) bond motifs is 4. The van der Waals surface area contributed by atoms with Gasteiger partial charge in [-0.2, -0.15) is 4.39 Å². The van der Waals surface area contributed by atoms with Gasteiger partial charge in [-0.25, -0.2) is 4.98 Å². The van der Waals surface area contributed by atoms with E-state index in [2.05, 4.69) is 10.3 Å². The first-order valence-electron chi connectivity index (χ1n) is 8.62. The molecule has 3 nitrogen and oxygen atoms in total. The van der Waals surface area contributed by atoms with Crippen LogP contribution in [0.4, 0.5) is 4.39 Å². The molecule has 22 heavy (non-hydrogen) atoms. The summed E-state index contributed by atoms with van der Waals surface area (Å²) in [7, 11) is 0. The smallest absolute Gasteiger partial charge is 0.255 e. The molecular formula is C18H21FN2O. The molecule has 4 saturated carbocycles. The highest BCUT2D eigenvalue weighted by Crippen LogP contribution is 2.74. The Bertz CT molecular complexity index is 629. The van der Waals surface area contributed by atoms with Crippen molar-refractivity contribution in [2.24, 2.45) is 41.4 Å². The first kappa shape index (κ1) is 13.0. The maximum Gasteiger partial charge on any atom is 0.255 e. The van der Waals surface area contributed by atoms with Gasteiger partial charge in [-0.1, -0.05) is 0 Å². The lowest BCUT2D eigenvalue weighted by Crippen LogP contribution is -2.38. The monoisotopic (exact) mass is 300 g/mol. The minimum Gasteiger partial charge on any atom is -0.352 e. The summed E-state index contributed by atoms with van der Waals surface area (Å²) in [4.78, 5) is 15.6. The van der Waals surface area contributed by atoms with Crippen LogP contribution in [-0.2, 0) is 0 Å². The summed E-state index contributed by atoms with van der Waals surface area (Å²) in [5.41, 5.74) is 0.0548. The SMILES string of the molecule is O=C(NCCC1C2CC3C4CC(CC24)C13)c1cccnc1F. The van der Waals surface area contributed by atoms with Gasteiger partial charge in [-0.3, -0.25) is 4.79 Å². The summed E-state index contributed by atoms with van der Waals surface area (Å²) in [6.07, 6.45) is 6.86. The molecule has 7 unspecified atom stereocenters. The molecule has 4 bridgehead atoms. The van der Waals surface area contributed by atoms with Crippen LogP contribution < -0.4 is 5.32 Å². The standard InChI is InChI=1S/C18H21FN2O/c19-17-11(2-1-4-20-17)18(22)21-5-3-10-14-8-15-13-7-9(16(10)15)6-12(13)14/h1-2,4,9-10,12-16H,3,5-8H2,(H,21,22). The van der Waals surface area contributed by atoms with Gasteiger partial charge in [0.2, 0.25) is 5.95 Å². The normalized spacial score (nSPS) is 43.2. The lowest BCUT2D eigenvalue weighted by Gasteiger charge is -2.41. The summed E-state index contributed by atoms with van der Waals surface area (Å²) in [5, 5.41) is 2.90. The number of carbonyl (C=O) groups is 1. The number of nitrogens with zero attached hydrogens (tertiary/aromatic N) is 1. The predicted molar refractivity (Wildman–Crippen MR) is 79.4 cm³/mol. The van der Waals surface area contributed by atoms with E-state index in [9.17, 15) is 9.18 Å². The van der Waals surface area contributed by atoms with E-state index in [1.165, 1.54) is 31.5 Å². The van der Waals surface area contributed by atoms with Crippen LogP contribution in [0.5, 0.6) is 0 Å². The third-order valence-corrected chi connectivity index (χ3v) is 7.19. The predicted octanol–water partition coefficient (Wildman–Crippen LogP) is 2.88. The van der Waals surface area contributed by atoms with Crippen LogP contribution in [0.1, 0.15) is 36.0 Å². The molecule has 1 N–H and O–H groups in total. The molecule has 7 atom stereocenters. The summed E-state index contributed by atoms with van der Waals surface area (Å²) in [6, 6.07) is 3.09. The number of pyridine rings is 1. The van der Waals surface area contributed by atoms with Crippen molar-refractivity contribution in [2.45, 2.75) is 25.7 Å². The summed E-state index contributed by atoms with van der Waals surface area (Å²) in [6.45, 7) is 0.668. The van der Waals surface area contributed by atoms with Crippen LogP contribution in [0.3, 0.4) is 0 Å². The van der Waals surface area contributed by atoms with Crippen LogP contribution in [0.15, 0.2) is 18.3 Å². The molecule has 1 heterocycles. The first-order chi connectivity index (χ1) is 10.7. The van der Waals surface area contributed by atoms with Gasteiger partial charge in [0.15, 0.2) is 0 Å². The Kier molecular flexibility index (Phi) is 2.68. The Hall–Kier alpha value is -1.45.